The maximum absolute atomic E-state index is 13.4. The number of carbonyl (C=O) groups is 1. The van der Waals surface area contributed by atoms with Gasteiger partial charge in [0.05, 0.1) is 12.8 Å². The molecule has 3 aromatic carbocycles. The Kier molecular flexibility index (Phi) is 6.15. The number of benzene rings is 3. The van der Waals surface area contributed by atoms with E-state index in [0.717, 1.165) is 30.4 Å². The fourth-order valence-corrected chi connectivity index (χ4v) is 4.22. The first-order chi connectivity index (χ1) is 14.7. The van der Waals surface area contributed by atoms with Gasteiger partial charge in [0, 0.05) is 6.04 Å². The molecule has 3 aromatic rings. The molecule has 1 aliphatic carbocycles. The molecule has 4 heteroatoms. The third-order valence-electron chi connectivity index (χ3n) is 5.75. The van der Waals surface area contributed by atoms with Crippen molar-refractivity contribution in [1.82, 2.24) is 5.32 Å². The SMILES string of the molecule is COc1ccc(C)cc1NC(=O)[C@H](N[C@@H]1CCCc2ccccc21)c1ccccc1. The minimum absolute atomic E-state index is 0.0897. The monoisotopic (exact) mass is 400 g/mol. The Labute approximate surface area is 178 Å². The summed E-state index contributed by atoms with van der Waals surface area (Å²) < 4.78 is 5.45. The van der Waals surface area contributed by atoms with Crippen molar-refractivity contribution in [3.63, 3.8) is 0 Å². The second-order valence-corrected chi connectivity index (χ2v) is 7.85. The Bertz CT molecular complexity index is 1020. The number of nitrogens with one attached hydrogen (secondary N) is 2. The summed E-state index contributed by atoms with van der Waals surface area (Å²) in [6.45, 7) is 2.00. The molecule has 0 radical (unpaired) electrons. The predicted molar refractivity (Wildman–Crippen MR) is 121 cm³/mol. The summed E-state index contributed by atoms with van der Waals surface area (Å²) >= 11 is 0. The molecule has 0 saturated heterocycles. The lowest BCUT2D eigenvalue weighted by molar-refractivity contribution is -0.118. The summed E-state index contributed by atoms with van der Waals surface area (Å²) in [6.07, 6.45) is 3.22. The summed E-state index contributed by atoms with van der Waals surface area (Å²) in [7, 11) is 1.62. The zero-order valence-electron chi connectivity index (χ0n) is 17.5. The summed E-state index contributed by atoms with van der Waals surface area (Å²) in [6, 6.07) is 23.9. The summed E-state index contributed by atoms with van der Waals surface area (Å²) in [5.41, 5.74) is 5.37. The van der Waals surface area contributed by atoms with Crippen molar-refractivity contribution in [1.29, 1.82) is 0 Å². The van der Waals surface area contributed by atoms with Gasteiger partial charge in [-0.15, -0.1) is 0 Å². The Morgan fingerprint density at radius 1 is 1.03 bits per heavy atom. The van der Waals surface area contributed by atoms with E-state index in [4.69, 9.17) is 4.74 Å². The van der Waals surface area contributed by atoms with Gasteiger partial charge in [-0.2, -0.15) is 0 Å². The highest BCUT2D eigenvalue weighted by Gasteiger charge is 2.28. The molecule has 0 unspecified atom stereocenters. The summed E-state index contributed by atoms with van der Waals surface area (Å²) in [4.78, 5) is 13.4. The van der Waals surface area contributed by atoms with Crippen molar-refractivity contribution in [3.8, 4) is 5.75 Å². The van der Waals surface area contributed by atoms with Gasteiger partial charge >= 0.3 is 0 Å². The van der Waals surface area contributed by atoms with Crippen LogP contribution in [0.4, 0.5) is 5.69 Å². The largest absolute Gasteiger partial charge is 0.495 e. The zero-order valence-corrected chi connectivity index (χ0v) is 17.5. The van der Waals surface area contributed by atoms with Crippen LogP contribution < -0.4 is 15.4 Å². The van der Waals surface area contributed by atoms with Crippen LogP contribution in [0.5, 0.6) is 5.75 Å². The van der Waals surface area contributed by atoms with E-state index < -0.39 is 6.04 Å². The predicted octanol–water partition coefficient (Wildman–Crippen LogP) is 5.35. The number of hydrogen-bond donors (Lipinski definition) is 2. The third-order valence-corrected chi connectivity index (χ3v) is 5.75. The first-order valence-electron chi connectivity index (χ1n) is 10.5. The van der Waals surface area contributed by atoms with Crippen LogP contribution >= 0.6 is 0 Å². The molecule has 1 amide bonds. The van der Waals surface area contributed by atoms with E-state index in [1.54, 1.807) is 7.11 Å². The van der Waals surface area contributed by atoms with Crippen LogP contribution in [0.1, 0.15) is 47.2 Å². The first kappa shape index (κ1) is 20.2. The lowest BCUT2D eigenvalue weighted by Gasteiger charge is -2.30. The molecule has 0 bridgehead atoms. The maximum atomic E-state index is 13.4. The van der Waals surface area contributed by atoms with Crippen molar-refractivity contribution < 1.29 is 9.53 Å². The quantitative estimate of drug-likeness (QED) is 0.586. The number of fused-ring (bicyclic) bond motifs is 1. The molecule has 1 aliphatic rings. The fourth-order valence-electron chi connectivity index (χ4n) is 4.22. The van der Waals surface area contributed by atoms with Crippen molar-refractivity contribution in [3.05, 3.63) is 95.1 Å². The van der Waals surface area contributed by atoms with Gasteiger partial charge in [-0.25, -0.2) is 0 Å². The summed E-state index contributed by atoms with van der Waals surface area (Å²) in [5, 5.41) is 6.74. The number of amides is 1. The van der Waals surface area contributed by atoms with E-state index in [1.807, 2.05) is 55.5 Å². The number of ether oxygens (including phenoxy) is 1. The molecule has 0 heterocycles. The Morgan fingerprint density at radius 3 is 2.60 bits per heavy atom. The smallest absolute Gasteiger partial charge is 0.246 e. The summed E-state index contributed by atoms with van der Waals surface area (Å²) in [5.74, 6) is 0.567. The van der Waals surface area contributed by atoms with Gasteiger partial charge < -0.3 is 10.1 Å². The van der Waals surface area contributed by atoms with Crippen LogP contribution in [-0.4, -0.2) is 13.0 Å². The van der Waals surface area contributed by atoms with E-state index in [2.05, 4.69) is 34.9 Å². The number of anilines is 1. The molecule has 0 fully saturated rings. The normalized spacial score (nSPS) is 16.4. The number of hydrogen-bond acceptors (Lipinski definition) is 3. The van der Waals surface area contributed by atoms with E-state index in [-0.39, 0.29) is 11.9 Å². The van der Waals surface area contributed by atoms with Crippen LogP contribution in [0.3, 0.4) is 0 Å². The molecule has 30 heavy (non-hydrogen) atoms. The van der Waals surface area contributed by atoms with Crippen molar-refractivity contribution in [2.45, 2.75) is 38.3 Å². The number of carbonyl (C=O) groups excluding carboxylic acids is 1. The second kappa shape index (κ2) is 9.14. The van der Waals surface area contributed by atoms with Crippen LogP contribution in [-0.2, 0) is 11.2 Å². The van der Waals surface area contributed by atoms with Gasteiger partial charge in [-0.05, 0) is 60.6 Å². The lowest BCUT2D eigenvalue weighted by atomic mass is 9.87. The van der Waals surface area contributed by atoms with Gasteiger partial charge in [0.15, 0.2) is 0 Å². The Morgan fingerprint density at radius 2 is 1.80 bits per heavy atom. The highest BCUT2D eigenvalue weighted by molar-refractivity contribution is 5.97. The molecule has 2 N–H and O–H groups in total. The van der Waals surface area contributed by atoms with E-state index >= 15 is 0 Å². The molecule has 0 saturated carbocycles. The van der Waals surface area contributed by atoms with Gasteiger partial charge in [0.1, 0.15) is 11.8 Å². The van der Waals surface area contributed by atoms with Gasteiger partial charge in [0.25, 0.3) is 0 Å². The average molecular weight is 401 g/mol. The van der Waals surface area contributed by atoms with E-state index in [1.165, 1.54) is 11.1 Å². The van der Waals surface area contributed by atoms with Gasteiger partial charge in [0.2, 0.25) is 5.91 Å². The molecule has 0 aromatic heterocycles. The minimum atomic E-state index is -0.465. The van der Waals surface area contributed by atoms with Gasteiger partial charge in [-0.1, -0.05) is 60.7 Å². The van der Waals surface area contributed by atoms with E-state index in [9.17, 15) is 4.79 Å². The topological polar surface area (TPSA) is 50.4 Å². The molecule has 2 atom stereocenters. The van der Waals surface area contributed by atoms with Gasteiger partial charge in [-0.3, -0.25) is 10.1 Å². The fraction of sp³-hybridized carbons (Fsp3) is 0.269. The van der Waals surface area contributed by atoms with Crippen LogP contribution in [0.2, 0.25) is 0 Å². The second-order valence-electron chi connectivity index (χ2n) is 7.85. The molecular weight excluding hydrogens is 372 g/mol. The molecular formula is C26H28N2O2. The zero-order chi connectivity index (χ0) is 20.9. The average Bonchev–Trinajstić information content (AvgIpc) is 2.78. The Balaban J connectivity index is 1.63. The minimum Gasteiger partial charge on any atom is -0.495 e. The van der Waals surface area contributed by atoms with Crippen molar-refractivity contribution >= 4 is 11.6 Å². The third kappa shape index (κ3) is 4.39. The maximum Gasteiger partial charge on any atom is 0.246 e. The van der Waals surface area contributed by atoms with Crippen molar-refractivity contribution in [2.24, 2.45) is 0 Å². The van der Waals surface area contributed by atoms with E-state index in [0.29, 0.717) is 11.4 Å². The number of methoxy groups -OCH3 is 1. The molecule has 4 nitrogen and oxygen atoms in total. The highest BCUT2D eigenvalue weighted by atomic mass is 16.5. The van der Waals surface area contributed by atoms with Crippen LogP contribution in [0.15, 0.2) is 72.8 Å². The standard InChI is InChI=1S/C26H28N2O2/c1-18-15-16-24(30-2)23(17-18)28-26(29)25(20-10-4-3-5-11-20)27-22-14-8-12-19-9-6-7-13-21(19)22/h3-7,9-11,13,15-17,22,25,27H,8,12,14H2,1-2H3,(H,28,29)/t22-,25-/m1/s1. The van der Waals surface area contributed by atoms with Crippen molar-refractivity contribution in [2.75, 3.05) is 12.4 Å². The molecule has 0 spiro atoms. The van der Waals surface area contributed by atoms with Crippen LogP contribution in [0.25, 0.3) is 0 Å². The Hall–Kier alpha value is -3.11. The molecule has 4 rings (SSSR count). The highest BCUT2D eigenvalue weighted by Crippen LogP contribution is 2.33. The lowest BCUT2D eigenvalue weighted by Crippen LogP contribution is -2.36. The number of aryl methyl sites for hydroxylation is 2. The van der Waals surface area contributed by atoms with Crippen LogP contribution in [0, 0.1) is 6.92 Å². The number of rotatable bonds is 6. The molecule has 0 aliphatic heterocycles. The molecule has 154 valence electrons. The first-order valence-corrected chi connectivity index (χ1v) is 10.5.